The van der Waals surface area contributed by atoms with E-state index in [9.17, 15) is 4.39 Å². The Morgan fingerprint density at radius 1 is 0.882 bits per heavy atom. The van der Waals surface area contributed by atoms with E-state index >= 15 is 0 Å². The molecule has 34 heavy (non-hydrogen) atoms. The minimum Gasteiger partial charge on any atom is -0.353 e. The highest BCUT2D eigenvalue weighted by Gasteiger charge is 2.15. The number of benzene rings is 2. The first-order chi connectivity index (χ1) is 16.1. The second-order valence-electron chi connectivity index (χ2n) is 8.29. The molecule has 2 N–H and O–H groups in total. The Kier molecular flexibility index (Phi) is 9.08. The van der Waals surface area contributed by atoms with Gasteiger partial charge in [0, 0.05) is 48.3 Å². The molecule has 0 aliphatic rings. The molecule has 0 bridgehead atoms. The number of hydrogen-bond donors (Lipinski definition) is 2. The molecule has 0 spiro atoms. The van der Waals surface area contributed by atoms with Crippen molar-refractivity contribution in [2.24, 2.45) is 0 Å². The van der Waals surface area contributed by atoms with E-state index in [0.29, 0.717) is 18.5 Å². The molecular formula is C27H29ClFN5. The third-order valence-electron chi connectivity index (χ3n) is 5.30. The molecule has 0 aliphatic heterocycles. The van der Waals surface area contributed by atoms with Crippen LogP contribution in [0.1, 0.15) is 19.4 Å². The highest BCUT2D eigenvalue weighted by molar-refractivity contribution is 5.85. The van der Waals surface area contributed by atoms with Gasteiger partial charge in [-0.1, -0.05) is 56.3 Å². The van der Waals surface area contributed by atoms with E-state index < -0.39 is 0 Å². The zero-order valence-corrected chi connectivity index (χ0v) is 20.1. The zero-order chi connectivity index (χ0) is 23.0. The molecule has 5 nitrogen and oxygen atoms in total. The normalized spacial score (nSPS) is 11.6. The van der Waals surface area contributed by atoms with Crippen LogP contribution in [0, 0.1) is 5.82 Å². The first-order valence-corrected chi connectivity index (χ1v) is 11.2. The van der Waals surface area contributed by atoms with Gasteiger partial charge in [-0.2, -0.15) is 0 Å². The Morgan fingerprint density at radius 2 is 1.59 bits per heavy atom. The Balaban J connectivity index is 0.00000324. The van der Waals surface area contributed by atoms with Gasteiger partial charge in [-0.25, -0.2) is 14.4 Å². The van der Waals surface area contributed by atoms with E-state index in [4.69, 9.17) is 4.98 Å². The van der Waals surface area contributed by atoms with E-state index in [0.717, 1.165) is 28.8 Å². The fourth-order valence-corrected chi connectivity index (χ4v) is 3.81. The second kappa shape index (κ2) is 12.2. The lowest BCUT2D eigenvalue weighted by atomic mass is 10.0. The maximum Gasteiger partial charge on any atom is 0.223 e. The van der Waals surface area contributed by atoms with Gasteiger partial charge in [0.25, 0.3) is 0 Å². The second-order valence-corrected chi connectivity index (χ2v) is 8.29. The fourth-order valence-electron chi connectivity index (χ4n) is 3.81. The molecule has 0 saturated heterocycles. The van der Waals surface area contributed by atoms with Crippen molar-refractivity contribution < 1.29 is 4.39 Å². The van der Waals surface area contributed by atoms with Gasteiger partial charge in [0.05, 0.1) is 5.69 Å². The number of nitrogens with zero attached hydrogens (tertiary/aromatic N) is 3. The van der Waals surface area contributed by atoms with Crippen LogP contribution in [0.4, 0.5) is 10.3 Å². The molecule has 0 fully saturated rings. The molecular weight excluding hydrogens is 449 g/mol. The standard InChI is InChI=1S/C27H28FN5.ClH/c1-19(2)32-24(16-20-6-4-3-5-7-20)17-30-27-31-18-25(21-8-10-23(28)11-9-21)26(33-27)22-12-14-29-15-13-22;/h3-15,18-19,24,32H,16-17H2,1-2H3,(H,30,31,33);1H/t24-;/m0./s1. The first-order valence-electron chi connectivity index (χ1n) is 11.2. The number of pyridine rings is 1. The molecule has 2 aromatic carbocycles. The molecule has 0 aliphatic carbocycles. The fraction of sp³-hybridized carbons (Fsp3) is 0.222. The minimum atomic E-state index is -0.273. The van der Waals surface area contributed by atoms with E-state index in [-0.39, 0.29) is 24.3 Å². The third kappa shape index (κ3) is 6.83. The molecule has 4 rings (SSSR count). The molecule has 1 atom stereocenters. The maximum atomic E-state index is 13.5. The van der Waals surface area contributed by atoms with Crippen molar-refractivity contribution in [3.63, 3.8) is 0 Å². The number of nitrogens with one attached hydrogen (secondary N) is 2. The number of anilines is 1. The smallest absolute Gasteiger partial charge is 0.223 e. The quantitative estimate of drug-likeness (QED) is 0.319. The lowest BCUT2D eigenvalue weighted by molar-refractivity contribution is 0.473. The summed E-state index contributed by atoms with van der Waals surface area (Å²) >= 11 is 0. The summed E-state index contributed by atoms with van der Waals surface area (Å²) < 4.78 is 13.5. The van der Waals surface area contributed by atoms with Gasteiger partial charge < -0.3 is 10.6 Å². The van der Waals surface area contributed by atoms with E-state index in [2.05, 4.69) is 58.7 Å². The van der Waals surface area contributed by atoms with Gasteiger partial charge in [-0.05, 0) is 41.8 Å². The molecule has 0 radical (unpaired) electrons. The van der Waals surface area contributed by atoms with Crippen LogP contribution in [0.5, 0.6) is 0 Å². The van der Waals surface area contributed by atoms with Crippen molar-refractivity contribution in [3.8, 4) is 22.4 Å². The maximum absolute atomic E-state index is 13.5. The molecule has 2 heterocycles. The monoisotopic (exact) mass is 477 g/mol. The molecule has 0 saturated carbocycles. The van der Waals surface area contributed by atoms with Crippen LogP contribution in [0.25, 0.3) is 22.4 Å². The molecule has 176 valence electrons. The first kappa shape index (κ1) is 25.3. The summed E-state index contributed by atoms with van der Waals surface area (Å²) in [5.74, 6) is 0.279. The SMILES string of the molecule is CC(C)N[C@H](CNc1ncc(-c2ccc(F)cc2)c(-c2ccncc2)n1)Cc1ccccc1.Cl. The van der Waals surface area contributed by atoms with Crippen molar-refractivity contribution in [1.29, 1.82) is 0 Å². The van der Waals surface area contributed by atoms with Crippen LogP contribution >= 0.6 is 12.4 Å². The van der Waals surface area contributed by atoms with Crippen LogP contribution in [0.2, 0.25) is 0 Å². The summed E-state index contributed by atoms with van der Waals surface area (Å²) in [5.41, 5.74) is 4.68. The number of hydrogen-bond acceptors (Lipinski definition) is 5. The molecule has 0 unspecified atom stereocenters. The van der Waals surface area contributed by atoms with E-state index in [1.807, 2.05) is 18.2 Å². The summed E-state index contributed by atoms with van der Waals surface area (Å²) in [7, 11) is 0. The predicted molar refractivity (Wildman–Crippen MR) is 139 cm³/mol. The van der Waals surface area contributed by atoms with E-state index in [1.165, 1.54) is 17.7 Å². The Labute approximate surface area is 206 Å². The summed E-state index contributed by atoms with van der Waals surface area (Å²) in [4.78, 5) is 13.5. The Bertz CT molecular complexity index is 1150. The van der Waals surface area contributed by atoms with Crippen LogP contribution in [0.15, 0.2) is 85.3 Å². The topological polar surface area (TPSA) is 62.7 Å². The molecule has 7 heteroatoms. The van der Waals surface area contributed by atoms with Crippen LogP contribution < -0.4 is 10.6 Å². The van der Waals surface area contributed by atoms with Gasteiger partial charge in [0.15, 0.2) is 0 Å². The van der Waals surface area contributed by atoms with Crippen molar-refractivity contribution >= 4 is 18.4 Å². The van der Waals surface area contributed by atoms with Crippen molar-refractivity contribution in [2.75, 3.05) is 11.9 Å². The van der Waals surface area contributed by atoms with Crippen LogP contribution in [-0.4, -0.2) is 33.6 Å². The van der Waals surface area contributed by atoms with Gasteiger partial charge in [0.2, 0.25) is 5.95 Å². The van der Waals surface area contributed by atoms with Gasteiger partial charge in [-0.3, -0.25) is 4.98 Å². The summed E-state index contributed by atoms with van der Waals surface area (Å²) in [6.07, 6.45) is 6.17. The van der Waals surface area contributed by atoms with Gasteiger partial charge in [-0.15, -0.1) is 12.4 Å². The van der Waals surface area contributed by atoms with Crippen molar-refractivity contribution in [3.05, 3.63) is 96.7 Å². The average molecular weight is 478 g/mol. The van der Waals surface area contributed by atoms with Crippen molar-refractivity contribution in [2.45, 2.75) is 32.4 Å². The predicted octanol–water partition coefficient (Wildman–Crippen LogP) is 5.79. The largest absolute Gasteiger partial charge is 0.353 e. The van der Waals surface area contributed by atoms with Gasteiger partial charge >= 0.3 is 0 Å². The molecule has 2 aromatic heterocycles. The summed E-state index contributed by atoms with van der Waals surface area (Å²) in [5, 5.41) is 7.03. The number of rotatable bonds is 9. The summed E-state index contributed by atoms with van der Waals surface area (Å²) in [6.45, 7) is 4.97. The number of aromatic nitrogens is 3. The van der Waals surface area contributed by atoms with Crippen molar-refractivity contribution in [1.82, 2.24) is 20.3 Å². The van der Waals surface area contributed by atoms with Gasteiger partial charge in [0.1, 0.15) is 5.82 Å². The summed E-state index contributed by atoms with van der Waals surface area (Å²) in [6, 6.07) is 21.2. The minimum absolute atomic E-state index is 0. The Morgan fingerprint density at radius 3 is 2.26 bits per heavy atom. The van der Waals surface area contributed by atoms with Crippen LogP contribution in [0.3, 0.4) is 0 Å². The number of halogens is 2. The average Bonchev–Trinajstić information content (AvgIpc) is 2.84. The van der Waals surface area contributed by atoms with Crippen LogP contribution in [-0.2, 0) is 6.42 Å². The lowest BCUT2D eigenvalue weighted by Gasteiger charge is -2.22. The molecule has 0 amide bonds. The van der Waals surface area contributed by atoms with E-state index in [1.54, 1.807) is 30.7 Å². The highest BCUT2D eigenvalue weighted by atomic mass is 35.5. The Hall–Kier alpha value is -3.35. The third-order valence-corrected chi connectivity index (χ3v) is 5.30. The molecule has 4 aromatic rings. The zero-order valence-electron chi connectivity index (χ0n) is 19.3. The highest BCUT2D eigenvalue weighted by Crippen LogP contribution is 2.30. The lowest BCUT2D eigenvalue weighted by Crippen LogP contribution is -2.41.